The molecule has 1 N–H and O–H groups in total. The number of furan rings is 1. The van der Waals surface area contributed by atoms with Crippen LogP contribution in [0.2, 0.25) is 0 Å². The molecule has 1 aromatic carbocycles. The molecule has 3 aliphatic heterocycles. The Morgan fingerprint density at radius 3 is 2.85 bits per heavy atom. The van der Waals surface area contributed by atoms with Crippen LogP contribution in [0.15, 0.2) is 34.9 Å². The van der Waals surface area contributed by atoms with Gasteiger partial charge in [-0.25, -0.2) is 0 Å². The van der Waals surface area contributed by atoms with Crippen LogP contribution in [-0.2, 0) is 4.79 Å². The first kappa shape index (κ1) is 15.9. The molecular formula is C20H23N3O3. The second-order valence-electron chi connectivity index (χ2n) is 8.16. The summed E-state index contributed by atoms with van der Waals surface area (Å²) in [6, 6.07) is 7.84. The molecule has 6 heteroatoms. The fraction of sp³-hybridized carbons (Fsp3) is 0.500. The third-order valence-electron chi connectivity index (χ3n) is 6.29. The van der Waals surface area contributed by atoms with Crippen molar-refractivity contribution in [2.45, 2.75) is 30.8 Å². The Balaban J connectivity index is 1.29. The van der Waals surface area contributed by atoms with Gasteiger partial charge in [0.25, 0.3) is 5.91 Å². The SMILES string of the molecule is CN1CC[C@H](C(=O)N2CC3(NC(=O)c4coc5ccccc45)CC2C3)C1. The van der Waals surface area contributed by atoms with Gasteiger partial charge in [-0.3, -0.25) is 9.59 Å². The molecule has 2 aromatic rings. The van der Waals surface area contributed by atoms with Crippen molar-refractivity contribution >= 4 is 22.8 Å². The molecule has 26 heavy (non-hydrogen) atoms. The topological polar surface area (TPSA) is 65.8 Å². The first-order valence-electron chi connectivity index (χ1n) is 9.32. The van der Waals surface area contributed by atoms with Gasteiger partial charge in [0, 0.05) is 24.5 Å². The Morgan fingerprint density at radius 1 is 1.27 bits per heavy atom. The summed E-state index contributed by atoms with van der Waals surface area (Å²) in [5.41, 5.74) is 1.02. The van der Waals surface area contributed by atoms with Crippen LogP contribution in [0.3, 0.4) is 0 Å². The number of nitrogens with one attached hydrogen (secondary N) is 1. The van der Waals surface area contributed by atoms with Crippen molar-refractivity contribution in [2.75, 3.05) is 26.7 Å². The van der Waals surface area contributed by atoms with Gasteiger partial charge < -0.3 is 19.5 Å². The van der Waals surface area contributed by atoms with Crippen LogP contribution in [0, 0.1) is 5.92 Å². The number of carbonyl (C=O) groups excluding carboxylic acids is 2. The van der Waals surface area contributed by atoms with Crippen molar-refractivity contribution in [1.29, 1.82) is 0 Å². The molecule has 1 saturated carbocycles. The predicted octanol–water partition coefficient (Wildman–Crippen LogP) is 1.86. The third kappa shape index (κ3) is 2.35. The molecule has 1 atom stereocenters. The van der Waals surface area contributed by atoms with E-state index in [4.69, 9.17) is 4.42 Å². The lowest BCUT2D eigenvalue weighted by Gasteiger charge is -2.37. The number of hydrogen-bond donors (Lipinski definition) is 1. The van der Waals surface area contributed by atoms with E-state index in [9.17, 15) is 9.59 Å². The Hall–Kier alpha value is -2.34. The minimum atomic E-state index is -0.264. The van der Waals surface area contributed by atoms with E-state index >= 15 is 0 Å². The normalized spacial score (nSPS) is 30.6. The molecule has 0 spiro atoms. The van der Waals surface area contributed by atoms with E-state index in [1.807, 2.05) is 29.2 Å². The van der Waals surface area contributed by atoms with Crippen LogP contribution in [0.1, 0.15) is 29.6 Å². The predicted molar refractivity (Wildman–Crippen MR) is 96.8 cm³/mol. The molecular weight excluding hydrogens is 330 g/mol. The standard InChI is InChI=1S/C20H23N3O3/c1-22-7-6-13(10-22)19(25)23-12-20(8-14(23)9-20)21-18(24)16-11-26-17-5-3-2-4-15(16)17/h2-5,11,13-14H,6-10,12H2,1H3,(H,21,24)/t13-,14?,20?/m0/s1. The number of carbonyl (C=O) groups is 2. The summed E-state index contributed by atoms with van der Waals surface area (Å²) in [4.78, 5) is 29.9. The van der Waals surface area contributed by atoms with Crippen molar-refractivity contribution < 1.29 is 14.0 Å². The Morgan fingerprint density at radius 2 is 2.08 bits per heavy atom. The quantitative estimate of drug-likeness (QED) is 0.915. The maximum Gasteiger partial charge on any atom is 0.255 e. The highest BCUT2D eigenvalue weighted by atomic mass is 16.3. The Labute approximate surface area is 152 Å². The van der Waals surface area contributed by atoms with Crippen molar-refractivity contribution in [3.8, 4) is 0 Å². The molecule has 2 amide bonds. The molecule has 6 rings (SSSR count). The van der Waals surface area contributed by atoms with Gasteiger partial charge in [-0.15, -0.1) is 0 Å². The van der Waals surface area contributed by atoms with Gasteiger partial charge in [-0.05, 0) is 38.9 Å². The van der Waals surface area contributed by atoms with E-state index in [1.54, 1.807) is 0 Å². The second-order valence-corrected chi connectivity index (χ2v) is 8.16. The average molecular weight is 353 g/mol. The first-order valence-corrected chi connectivity index (χ1v) is 9.32. The summed E-state index contributed by atoms with van der Waals surface area (Å²) >= 11 is 0. The number of nitrogens with zero attached hydrogens (tertiary/aromatic N) is 2. The van der Waals surface area contributed by atoms with Gasteiger partial charge in [-0.2, -0.15) is 0 Å². The van der Waals surface area contributed by atoms with Crippen molar-refractivity contribution in [2.24, 2.45) is 5.92 Å². The Kier molecular flexibility index (Phi) is 3.41. The highest BCUT2D eigenvalue weighted by Gasteiger charge is 2.58. The molecule has 0 radical (unpaired) electrons. The van der Waals surface area contributed by atoms with Gasteiger partial charge in [0.15, 0.2) is 0 Å². The van der Waals surface area contributed by atoms with Gasteiger partial charge in [-0.1, -0.05) is 18.2 Å². The molecule has 4 fully saturated rings. The highest BCUT2D eigenvalue weighted by molar-refractivity contribution is 6.06. The minimum absolute atomic E-state index is 0.108. The summed E-state index contributed by atoms with van der Waals surface area (Å²) < 4.78 is 5.49. The van der Waals surface area contributed by atoms with E-state index < -0.39 is 0 Å². The lowest BCUT2D eigenvalue weighted by molar-refractivity contribution is -0.135. The van der Waals surface area contributed by atoms with E-state index in [1.165, 1.54) is 6.26 Å². The van der Waals surface area contributed by atoms with Gasteiger partial charge in [0.1, 0.15) is 11.8 Å². The number of amides is 2. The Bertz CT molecular complexity index is 883. The summed E-state index contributed by atoms with van der Waals surface area (Å²) in [6.45, 7) is 2.48. The summed E-state index contributed by atoms with van der Waals surface area (Å²) in [6.07, 6.45) is 4.20. The summed E-state index contributed by atoms with van der Waals surface area (Å²) in [7, 11) is 2.06. The van der Waals surface area contributed by atoms with Crippen molar-refractivity contribution in [3.63, 3.8) is 0 Å². The van der Waals surface area contributed by atoms with Gasteiger partial charge >= 0.3 is 0 Å². The number of hydrogen-bond acceptors (Lipinski definition) is 4. The molecule has 2 bridgehead atoms. The van der Waals surface area contributed by atoms with E-state index in [0.717, 1.165) is 43.3 Å². The van der Waals surface area contributed by atoms with E-state index in [-0.39, 0.29) is 29.3 Å². The van der Waals surface area contributed by atoms with Crippen LogP contribution in [0.5, 0.6) is 0 Å². The number of benzene rings is 1. The fourth-order valence-electron chi connectivity index (χ4n) is 4.88. The first-order chi connectivity index (χ1) is 12.5. The van der Waals surface area contributed by atoms with Crippen molar-refractivity contribution in [1.82, 2.24) is 15.1 Å². The zero-order valence-corrected chi connectivity index (χ0v) is 14.9. The molecule has 6 nitrogen and oxygen atoms in total. The molecule has 0 unspecified atom stereocenters. The maximum absolute atomic E-state index is 12.8. The monoisotopic (exact) mass is 353 g/mol. The maximum atomic E-state index is 12.8. The number of para-hydroxylation sites is 1. The average Bonchev–Trinajstić information content (AvgIpc) is 3.34. The molecule has 4 heterocycles. The summed E-state index contributed by atoms with van der Waals surface area (Å²) in [5.74, 6) is 0.273. The van der Waals surface area contributed by atoms with Crippen LogP contribution < -0.4 is 5.32 Å². The zero-order chi connectivity index (χ0) is 17.9. The lowest BCUT2D eigenvalue weighted by Crippen LogP contribution is -2.54. The largest absolute Gasteiger partial charge is 0.463 e. The van der Waals surface area contributed by atoms with Crippen molar-refractivity contribution in [3.05, 3.63) is 36.1 Å². The van der Waals surface area contributed by atoms with Crippen LogP contribution in [0.4, 0.5) is 0 Å². The summed E-state index contributed by atoms with van der Waals surface area (Å²) in [5, 5.41) is 4.03. The van der Waals surface area contributed by atoms with Crippen LogP contribution in [0.25, 0.3) is 11.0 Å². The van der Waals surface area contributed by atoms with Crippen LogP contribution in [-0.4, -0.2) is 59.9 Å². The van der Waals surface area contributed by atoms with Gasteiger partial charge in [0.2, 0.25) is 5.91 Å². The molecule has 1 aliphatic carbocycles. The minimum Gasteiger partial charge on any atom is -0.463 e. The molecule has 3 saturated heterocycles. The molecule has 4 aliphatic rings. The highest BCUT2D eigenvalue weighted by Crippen LogP contribution is 2.45. The molecule has 1 aromatic heterocycles. The number of rotatable bonds is 3. The smallest absolute Gasteiger partial charge is 0.255 e. The van der Waals surface area contributed by atoms with E-state index in [2.05, 4.69) is 17.3 Å². The van der Waals surface area contributed by atoms with Crippen LogP contribution >= 0.6 is 0 Å². The zero-order valence-electron chi connectivity index (χ0n) is 14.9. The number of likely N-dealkylation sites (tertiary alicyclic amines) is 1. The third-order valence-corrected chi connectivity index (χ3v) is 6.29. The number of fused-ring (bicyclic) bond motifs is 2. The molecule has 136 valence electrons. The second kappa shape index (κ2) is 5.58. The lowest BCUT2D eigenvalue weighted by atomic mass is 9.78. The fourth-order valence-corrected chi connectivity index (χ4v) is 4.88. The van der Waals surface area contributed by atoms with E-state index in [0.29, 0.717) is 12.1 Å². The van der Waals surface area contributed by atoms with Gasteiger partial charge in [0.05, 0.1) is 17.0 Å².